The van der Waals surface area contributed by atoms with E-state index in [4.69, 9.17) is 4.84 Å². The van der Waals surface area contributed by atoms with Crippen LogP contribution >= 0.6 is 0 Å². The molecular weight excluding hydrogens is 344 g/mol. The van der Waals surface area contributed by atoms with E-state index in [1.54, 1.807) is 4.90 Å². The number of piperidine rings is 1. The van der Waals surface area contributed by atoms with Crippen LogP contribution in [0.5, 0.6) is 0 Å². The summed E-state index contributed by atoms with van der Waals surface area (Å²) >= 11 is 0. The number of amides is 3. The number of nitrogens with zero attached hydrogens (tertiary/aromatic N) is 3. The van der Waals surface area contributed by atoms with Crippen molar-refractivity contribution in [3.05, 3.63) is 30.3 Å². The molecule has 2 fully saturated rings. The molecule has 0 atom stereocenters. The first-order valence-corrected chi connectivity index (χ1v) is 9.79. The molecule has 3 amide bonds. The topological polar surface area (TPSA) is 74.2 Å². The second kappa shape index (κ2) is 9.94. The van der Waals surface area contributed by atoms with E-state index in [1.165, 1.54) is 12.8 Å². The normalized spacial score (nSPS) is 17.9. The van der Waals surface area contributed by atoms with Gasteiger partial charge < -0.3 is 20.0 Å². The third-order valence-corrected chi connectivity index (χ3v) is 4.99. The fourth-order valence-corrected chi connectivity index (χ4v) is 3.37. The summed E-state index contributed by atoms with van der Waals surface area (Å²) in [4.78, 5) is 33.4. The number of likely N-dealkylation sites (tertiary alicyclic amines) is 2. The minimum Gasteiger partial charge on any atom is -0.386 e. The van der Waals surface area contributed by atoms with Crippen LogP contribution in [0, 0.1) is 0 Å². The molecule has 0 aromatic heterocycles. The van der Waals surface area contributed by atoms with Crippen molar-refractivity contribution >= 4 is 23.3 Å². The zero-order valence-electron chi connectivity index (χ0n) is 15.7. The van der Waals surface area contributed by atoms with Gasteiger partial charge in [-0.2, -0.15) is 0 Å². The molecule has 0 radical (unpaired) electrons. The van der Waals surface area contributed by atoms with Gasteiger partial charge in [-0.3, -0.25) is 4.79 Å². The summed E-state index contributed by atoms with van der Waals surface area (Å²) in [5.74, 6) is 0.0147. The van der Waals surface area contributed by atoms with E-state index in [9.17, 15) is 9.59 Å². The summed E-state index contributed by atoms with van der Waals surface area (Å²) in [6, 6.07) is 9.32. The van der Waals surface area contributed by atoms with E-state index in [-0.39, 0.29) is 18.5 Å². The Hall–Kier alpha value is -2.57. The zero-order valence-corrected chi connectivity index (χ0v) is 15.7. The summed E-state index contributed by atoms with van der Waals surface area (Å²) in [7, 11) is 0. The van der Waals surface area contributed by atoms with Crippen LogP contribution in [0.3, 0.4) is 0 Å². The lowest BCUT2D eigenvalue weighted by atomic mass is 10.1. The molecule has 0 aliphatic carbocycles. The van der Waals surface area contributed by atoms with Gasteiger partial charge in [-0.05, 0) is 25.0 Å². The SMILES string of the molecule is O=C(CON=C1CCN(C(=O)Nc2ccccc2)CC1)N1CCCCCC1. The Bertz CT molecular complexity index is 644. The number of hydrogen-bond acceptors (Lipinski definition) is 4. The van der Waals surface area contributed by atoms with Gasteiger partial charge in [0.1, 0.15) is 0 Å². The molecule has 3 rings (SSSR count). The number of oxime groups is 1. The fourth-order valence-electron chi connectivity index (χ4n) is 3.37. The molecule has 0 unspecified atom stereocenters. The van der Waals surface area contributed by atoms with Crippen molar-refractivity contribution in [2.75, 3.05) is 38.1 Å². The van der Waals surface area contributed by atoms with E-state index >= 15 is 0 Å². The number of rotatable bonds is 4. The maximum Gasteiger partial charge on any atom is 0.321 e. The zero-order chi connectivity index (χ0) is 18.9. The van der Waals surface area contributed by atoms with Gasteiger partial charge in [-0.25, -0.2) is 4.79 Å². The number of para-hydroxylation sites is 1. The van der Waals surface area contributed by atoms with Crippen LogP contribution in [0.1, 0.15) is 38.5 Å². The smallest absolute Gasteiger partial charge is 0.321 e. The van der Waals surface area contributed by atoms with Crippen molar-refractivity contribution in [2.45, 2.75) is 38.5 Å². The maximum atomic E-state index is 12.3. The Morgan fingerprint density at radius 2 is 1.59 bits per heavy atom. The first kappa shape index (κ1) is 19.2. The Labute approximate surface area is 160 Å². The van der Waals surface area contributed by atoms with Crippen LogP contribution in [0.2, 0.25) is 0 Å². The lowest BCUT2D eigenvalue weighted by molar-refractivity contribution is -0.136. The van der Waals surface area contributed by atoms with Crippen molar-refractivity contribution < 1.29 is 14.4 Å². The molecular formula is C20H28N4O3. The average molecular weight is 372 g/mol. The summed E-state index contributed by atoms with van der Waals surface area (Å²) < 4.78 is 0. The highest BCUT2D eigenvalue weighted by atomic mass is 16.6. The molecule has 1 N–H and O–H groups in total. The third-order valence-electron chi connectivity index (χ3n) is 4.99. The summed E-state index contributed by atoms with van der Waals surface area (Å²) in [5.41, 5.74) is 1.69. The monoisotopic (exact) mass is 372 g/mol. The molecule has 7 nitrogen and oxygen atoms in total. The van der Waals surface area contributed by atoms with Crippen LogP contribution in [0.15, 0.2) is 35.5 Å². The number of carbonyl (C=O) groups is 2. The standard InChI is InChI=1S/C20H28N4O3/c25-19(23-12-6-1-2-7-13-23)16-27-22-18-10-14-24(15-11-18)20(26)21-17-8-4-3-5-9-17/h3-5,8-9H,1-2,6-7,10-16H2,(H,21,26). The van der Waals surface area contributed by atoms with Crippen molar-refractivity contribution in [1.82, 2.24) is 9.80 Å². The van der Waals surface area contributed by atoms with Crippen LogP contribution in [-0.2, 0) is 9.63 Å². The Morgan fingerprint density at radius 1 is 0.926 bits per heavy atom. The van der Waals surface area contributed by atoms with Crippen molar-refractivity contribution in [2.24, 2.45) is 5.16 Å². The predicted octanol–water partition coefficient (Wildman–Crippen LogP) is 3.09. The second-order valence-corrected chi connectivity index (χ2v) is 7.01. The molecule has 0 saturated carbocycles. The summed E-state index contributed by atoms with van der Waals surface area (Å²) in [5, 5.41) is 7.02. The molecule has 7 heteroatoms. The van der Waals surface area contributed by atoms with Gasteiger partial charge in [0, 0.05) is 44.7 Å². The Balaban J connectivity index is 1.38. The lowest BCUT2D eigenvalue weighted by Gasteiger charge is -2.27. The number of nitrogens with one attached hydrogen (secondary N) is 1. The molecule has 1 aromatic rings. The minimum atomic E-state index is -0.0995. The number of carbonyl (C=O) groups excluding carboxylic acids is 2. The molecule has 2 saturated heterocycles. The van der Waals surface area contributed by atoms with Gasteiger partial charge in [0.15, 0.2) is 6.61 Å². The highest BCUT2D eigenvalue weighted by Gasteiger charge is 2.21. The molecule has 2 aliphatic rings. The lowest BCUT2D eigenvalue weighted by Crippen LogP contribution is -2.41. The van der Waals surface area contributed by atoms with Gasteiger partial charge >= 0.3 is 6.03 Å². The number of hydrogen-bond donors (Lipinski definition) is 1. The van der Waals surface area contributed by atoms with E-state index in [1.807, 2.05) is 35.2 Å². The Morgan fingerprint density at radius 3 is 2.26 bits per heavy atom. The molecule has 0 spiro atoms. The van der Waals surface area contributed by atoms with Crippen molar-refractivity contribution in [3.8, 4) is 0 Å². The minimum absolute atomic E-state index is 0.00169. The molecule has 146 valence electrons. The first-order valence-electron chi connectivity index (χ1n) is 9.79. The number of urea groups is 1. The highest BCUT2D eigenvalue weighted by Crippen LogP contribution is 2.12. The first-order chi connectivity index (χ1) is 13.2. The van der Waals surface area contributed by atoms with E-state index in [0.717, 1.165) is 37.3 Å². The highest BCUT2D eigenvalue weighted by molar-refractivity contribution is 5.92. The van der Waals surface area contributed by atoms with Gasteiger partial charge in [0.25, 0.3) is 5.91 Å². The second-order valence-electron chi connectivity index (χ2n) is 7.01. The van der Waals surface area contributed by atoms with Crippen LogP contribution < -0.4 is 5.32 Å². The van der Waals surface area contributed by atoms with Crippen LogP contribution in [0.25, 0.3) is 0 Å². The van der Waals surface area contributed by atoms with E-state index < -0.39 is 0 Å². The Kier molecular flexibility index (Phi) is 7.07. The van der Waals surface area contributed by atoms with Crippen molar-refractivity contribution in [1.29, 1.82) is 0 Å². The molecule has 2 heterocycles. The number of anilines is 1. The molecule has 27 heavy (non-hydrogen) atoms. The maximum absolute atomic E-state index is 12.3. The van der Waals surface area contributed by atoms with Crippen LogP contribution in [0.4, 0.5) is 10.5 Å². The molecule has 2 aliphatic heterocycles. The van der Waals surface area contributed by atoms with Gasteiger partial charge in [0.2, 0.25) is 0 Å². The molecule has 1 aromatic carbocycles. The summed E-state index contributed by atoms with van der Waals surface area (Å²) in [6.07, 6.45) is 5.87. The third kappa shape index (κ3) is 5.98. The van der Waals surface area contributed by atoms with Gasteiger partial charge in [-0.1, -0.05) is 36.2 Å². The van der Waals surface area contributed by atoms with Crippen LogP contribution in [-0.4, -0.2) is 60.2 Å². The van der Waals surface area contributed by atoms with Gasteiger partial charge in [-0.15, -0.1) is 0 Å². The van der Waals surface area contributed by atoms with Crippen molar-refractivity contribution in [3.63, 3.8) is 0 Å². The van der Waals surface area contributed by atoms with E-state index in [0.29, 0.717) is 25.9 Å². The predicted molar refractivity (Wildman–Crippen MR) is 105 cm³/mol. The quantitative estimate of drug-likeness (QED) is 0.826. The van der Waals surface area contributed by atoms with E-state index in [2.05, 4.69) is 10.5 Å². The molecule has 0 bridgehead atoms. The summed E-state index contributed by atoms with van der Waals surface area (Å²) in [6.45, 7) is 2.85. The number of benzene rings is 1. The average Bonchev–Trinajstić information content (AvgIpc) is 2.99. The van der Waals surface area contributed by atoms with Gasteiger partial charge in [0.05, 0.1) is 5.71 Å². The largest absolute Gasteiger partial charge is 0.386 e. The fraction of sp³-hybridized carbons (Fsp3) is 0.550.